The van der Waals surface area contributed by atoms with Crippen LogP contribution in [0, 0.1) is 12.8 Å². The highest BCUT2D eigenvalue weighted by Crippen LogP contribution is 2.28. The summed E-state index contributed by atoms with van der Waals surface area (Å²) in [6, 6.07) is 10.3. The predicted octanol–water partition coefficient (Wildman–Crippen LogP) is 3.82. The number of aryl methyl sites for hydroxylation is 1. The van der Waals surface area contributed by atoms with Crippen LogP contribution in [0.15, 0.2) is 35.7 Å². The molecule has 1 fully saturated rings. The topological polar surface area (TPSA) is 33.2 Å². The molecule has 0 unspecified atom stereocenters. The molecule has 1 heterocycles. The third-order valence-electron chi connectivity index (χ3n) is 4.27. The molecular formula is C18H22N2OS. The van der Waals surface area contributed by atoms with Crippen LogP contribution in [0.4, 0.5) is 0 Å². The Bertz CT molecular complexity index is 619. The largest absolute Gasteiger partial charge is 0.338 e. The average molecular weight is 314 g/mol. The maximum absolute atomic E-state index is 12.7. The van der Waals surface area contributed by atoms with Crippen LogP contribution in [0.5, 0.6) is 0 Å². The monoisotopic (exact) mass is 314 g/mol. The fraction of sp³-hybridized carbons (Fsp3) is 0.444. The van der Waals surface area contributed by atoms with Gasteiger partial charge in [0.05, 0.1) is 17.1 Å². The molecule has 0 spiro atoms. The van der Waals surface area contributed by atoms with Crippen molar-refractivity contribution in [3.63, 3.8) is 0 Å². The summed E-state index contributed by atoms with van der Waals surface area (Å²) in [5, 5.41) is 3.02. The van der Waals surface area contributed by atoms with Gasteiger partial charge in [0, 0.05) is 18.5 Å². The number of amides is 1. The summed E-state index contributed by atoms with van der Waals surface area (Å²) in [4.78, 5) is 19.1. The van der Waals surface area contributed by atoms with E-state index < -0.39 is 0 Å². The van der Waals surface area contributed by atoms with Crippen molar-refractivity contribution in [2.45, 2.75) is 39.2 Å². The van der Waals surface area contributed by atoms with Gasteiger partial charge in [0.25, 0.3) is 0 Å². The fourth-order valence-electron chi connectivity index (χ4n) is 2.80. The van der Waals surface area contributed by atoms with Crippen molar-refractivity contribution < 1.29 is 4.79 Å². The van der Waals surface area contributed by atoms with Crippen LogP contribution in [-0.2, 0) is 17.8 Å². The Hall–Kier alpha value is -1.68. The number of aromatic nitrogens is 1. The van der Waals surface area contributed by atoms with Crippen molar-refractivity contribution in [2.24, 2.45) is 5.92 Å². The first kappa shape index (κ1) is 15.2. The van der Waals surface area contributed by atoms with Gasteiger partial charge >= 0.3 is 0 Å². The molecule has 22 heavy (non-hydrogen) atoms. The predicted molar refractivity (Wildman–Crippen MR) is 89.8 cm³/mol. The lowest BCUT2D eigenvalue weighted by Crippen LogP contribution is -2.37. The first-order valence-corrected chi connectivity index (χ1v) is 8.81. The zero-order chi connectivity index (χ0) is 15.4. The second kappa shape index (κ2) is 7.05. The van der Waals surface area contributed by atoms with Gasteiger partial charge in [0.1, 0.15) is 0 Å². The van der Waals surface area contributed by atoms with Crippen LogP contribution >= 0.6 is 11.3 Å². The van der Waals surface area contributed by atoms with Gasteiger partial charge in [-0.15, -0.1) is 11.3 Å². The van der Waals surface area contributed by atoms with E-state index in [1.54, 1.807) is 11.3 Å². The zero-order valence-electron chi connectivity index (χ0n) is 13.0. The van der Waals surface area contributed by atoms with Crippen LogP contribution in [0.1, 0.15) is 35.5 Å². The molecule has 1 amide bonds. The lowest BCUT2D eigenvalue weighted by Gasteiger charge is -2.32. The quantitative estimate of drug-likeness (QED) is 0.812. The Kier molecular flexibility index (Phi) is 4.88. The molecule has 1 aromatic carbocycles. The number of nitrogens with zero attached hydrogens (tertiary/aromatic N) is 2. The Labute approximate surface area is 136 Å². The Morgan fingerprint density at radius 3 is 2.68 bits per heavy atom. The van der Waals surface area contributed by atoms with Crippen molar-refractivity contribution in [3.05, 3.63) is 52.0 Å². The fourth-order valence-corrected chi connectivity index (χ4v) is 3.41. The Morgan fingerprint density at radius 1 is 1.32 bits per heavy atom. The molecule has 116 valence electrons. The first-order chi connectivity index (χ1) is 10.7. The summed E-state index contributed by atoms with van der Waals surface area (Å²) in [5.74, 6) is 0.880. The SMILES string of the molecule is Cc1nc(CC(=O)N(Cc2ccccc2)CC2CCC2)cs1. The minimum atomic E-state index is 0.195. The maximum Gasteiger partial charge on any atom is 0.228 e. The second-order valence-corrected chi connectivity index (χ2v) is 7.15. The lowest BCUT2D eigenvalue weighted by atomic mass is 9.85. The molecule has 2 aromatic rings. The zero-order valence-corrected chi connectivity index (χ0v) is 13.8. The summed E-state index contributed by atoms with van der Waals surface area (Å²) < 4.78 is 0. The minimum Gasteiger partial charge on any atom is -0.338 e. The molecule has 1 aliphatic carbocycles. The van der Waals surface area contributed by atoms with E-state index in [9.17, 15) is 4.79 Å². The van der Waals surface area contributed by atoms with E-state index in [4.69, 9.17) is 0 Å². The molecule has 0 aliphatic heterocycles. The van der Waals surface area contributed by atoms with E-state index in [0.29, 0.717) is 18.9 Å². The van der Waals surface area contributed by atoms with Gasteiger partial charge in [0.2, 0.25) is 5.91 Å². The average Bonchev–Trinajstić information content (AvgIpc) is 2.87. The van der Waals surface area contributed by atoms with Crippen LogP contribution in [0.3, 0.4) is 0 Å². The molecule has 3 rings (SSSR count). The molecule has 1 saturated carbocycles. The van der Waals surface area contributed by atoms with Crippen LogP contribution < -0.4 is 0 Å². The van der Waals surface area contributed by atoms with Crippen molar-refractivity contribution in [3.8, 4) is 0 Å². The van der Waals surface area contributed by atoms with Crippen molar-refractivity contribution in [1.82, 2.24) is 9.88 Å². The summed E-state index contributed by atoms with van der Waals surface area (Å²) in [7, 11) is 0. The highest BCUT2D eigenvalue weighted by molar-refractivity contribution is 7.09. The van der Waals surface area contributed by atoms with E-state index in [0.717, 1.165) is 17.2 Å². The molecule has 0 atom stereocenters. The number of hydrogen-bond acceptors (Lipinski definition) is 3. The Morgan fingerprint density at radius 2 is 2.09 bits per heavy atom. The molecule has 1 aromatic heterocycles. The molecular weight excluding hydrogens is 292 g/mol. The van der Waals surface area contributed by atoms with E-state index in [1.165, 1.54) is 24.8 Å². The number of rotatable bonds is 6. The number of benzene rings is 1. The van der Waals surface area contributed by atoms with Crippen LogP contribution in [-0.4, -0.2) is 22.3 Å². The standard InChI is InChI=1S/C18H22N2OS/c1-14-19-17(13-22-14)10-18(21)20(12-16-8-5-9-16)11-15-6-3-2-4-7-15/h2-4,6-7,13,16H,5,8-12H2,1H3. The summed E-state index contributed by atoms with van der Waals surface area (Å²) in [6.45, 7) is 3.57. The van der Waals surface area contributed by atoms with Crippen molar-refractivity contribution in [1.29, 1.82) is 0 Å². The van der Waals surface area contributed by atoms with Gasteiger partial charge < -0.3 is 4.90 Å². The van der Waals surface area contributed by atoms with Gasteiger partial charge in [-0.3, -0.25) is 4.79 Å². The number of carbonyl (C=O) groups excluding carboxylic acids is 1. The van der Waals surface area contributed by atoms with Crippen molar-refractivity contribution in [2.75, 3.05) is 6.54 Å². The normalized spacial score (nSPS) is 14.6. The lowest BCUT2D eigenvalue weighted by molar-refractivity contribution is -0.132. The van der Waals surface area contributed by atoms with E-state index in [-0.39, 0.29) is 5.91 Å². The molecule has 0 N–H and O–H groups in total. The second-order valence-electron chi connectivity index (χ2n) is 6.09. The van der Waals surface area contributed by atoms with Gasteiger partial charge in [0.15, 0.2) is 0 Å². The minimum absolute atomic E-state index is 0.195. The van der Waals surface area contributed by atoms with Gasteiger partial charge in [-0.2, -0.15) is 0 Å². The van der Waals surface area contributed by atoms with Crippen molar-refractivity contribution >= 4 is 17.2 Å². The highest BCUT2D eigenvalue weighted by Gasteiger charge is 2.24. The summed E-state index contributed by atoms with van der Waals surface area (Å²) >= 11 is 1.61. The molecule has 4 heteroatoms. The van der Waals surface area contributed by atoms with Gasteiger partial charge in [-0.05, 0) is 31.2 Å². The third kappa shape index (κ3) is 3.95. The van der Waals surface area contributed by atoms with E-state index in [2.05, 4.69) is 17.1 Å². The molecule has 0 saturated heterocycles. The summed E-state index contributed by atoms with van der Waals surface area (Å²) in [6.07, 6.45) is 4.25. The molecule has 0 bridgehead atoms. The number of hydrogen-bond donors (Lipinski definition) is 0. The number of thiazole rings is 1. The highest BCUT2D eigenvalue weighted by atomic mass is 32.1. The smallest absolute Gasteiger partial charge is 0.228 e. The third-order valence-corrected chi connectivity index (χ3v) is 5.09. The molecule has 0 radical (unpaired) electrons. The van der Waals surface area contributed by atoms with Gasteiger partial charge in [-0.25, -0.2) is 4.98 Å². The molecule has 3 nitrogen and oxygen atoms in total. The van der Waals surface area contributed by atoms with Crippen LogP contribution in [0.25, 0.3) is 0 Å². The van der Waals surface area contributed by atoms with E-state index in [1.807, 2.05) is 35.4 Å². The maximum atomic E-state index is 12.7. The van der Waals surface area contributed by atoms with Gasteiger partial charge in [-0.1, -0.05) is 36.8 Å². The molecule has 1 aliphatic rings. The van der Waals surface area contributed by atoms with E-state index >= 15 is 0 Å². The summed E-state index contributed by atoms with van der Waals surface area (Å²) in [5.41, 5.74) is 2.10. The Balaban J connectivity index is 1.67. The van der Waals surface area contributed by atoms with Crippen LogP contribution in [0.2, 0.25) is 0 Å². The number of carbonyl (C=O) groups is 1. The first-order valence-electron chi connectivity index (χ1n) is 7.93.